The van der Waals surface area contributed by atoms with Gasteiger partial charge in [0.1, 0.15) is 17.7 Å². The first-order chi connectivity index (χ1) is 17.0. The summed E-state index contributed by atoms with van der Waals surface area (Å²) in [5.41, 5.74) is 1.13. The minimum Gasteiger partial charge on any atom is -0.444 e. The second-order valence-corrected chi connectivity index (χ2v) is 11.2. The summed E-state index contributed by atoms with van der Waals surface area (Å²) in [7, 11) is 0. The molecule has 1 aliphatic carbocycles. The second kappa shape index (κ2) is 13.7. The molecule has 7 nitrogen and oxygen atoms in total. The maximum absolute atomic E-state index is 14.1. The van der Waals surface area contributed by atoms with Crippen LogP contribution in [0, 0.1) is 12.8 Å². The summed E-state index contributed by atoms with van der Waals surface area (Å²) in [6.07, 6.45) is 6.08. The smallest absolute Gasteiger partial charge is 0.408 e. The lowest BCUT2D eigenvalue weighted by Crippen LogP contribution is -2.56. The van der Waals surface area contributed by atoms with Gasteiger partial charge >= 0.3 is 6.09 Å². The van der Waals surface area contributed by atoms with Crippen molar-refractivity contribution in [2.75, 3.05) is 6.54 Å². The van der Waals surface area contributed by atoms with Crippen molar-refractivity contribution in [3.8, 4) is 0 Å². The molecular formula is C29H47N3O4. The van der Waals surface area contributed by atoms with Gasteiger partial charge in [0.25, 0.3) is 0 Å². The summed E-state index contributed by atoms with van der Waals surface area (Å²) in [6, 6.07) is 6.34. The Labute approximate surface area is 217 Å². The van der Waals surface area contributed by atoms with E-state index >= 15 is 0 Å². The minimum absolute atomic E-state index is 0.127. The molecule has 0 heterocycles. The number of benzene rings is 1. The maximum Gasteiger partial charge on any atom is 0.408 e. The molecule has 3 atom stereocenters. The average Bonchev–Trinajstić information content (AvgIpc) is 2.81. The van der Waals surface area contributed by atoms with Crippen LogP contribution in [0.15, 0.2) is 24.3 Å². The van der Waals surface area contributed by atoms with Crippen molar-refractivity contribution in [1.29, 1.82) is 0 Å². The molecule has 0 radical (unpaired) electrons. The average molecular weight is 502 g/mol. The largest absolute Gasteiger partial charge is 0.444 e. The van der Waals surface area contributed by atoms with E-state index in [1.165, 1.54) is 6.42 Å². The van der Waals surface area contributed by atoms with Crippen molar-refractivity contribution < 1.29 is 19.1 Å². The third-order valence-electron chi connectivity index (χ3n) is 6.77. The van der Waals surface area contributed by atoms with Gasteiger partial charge in [0.05, 0.1) is 0 Å². The Kier molecular flexibility index (Phi) is 11.3. The number of alkyl carbamates (subject to hydrolysis) is 1. The zero-order chi connectivity index (χ0) is 26.9. The molecule has 0 aliphatic heterocycles. The molecule has 7 heteroatoms. The topological polar surface area (TPSA) is 87.7 Å². The Balaban J connectivity index is 2.43. The van der Waals surface area contributed by atoms with Crippen LogP contribution >= 0.6 is 0 Å². The monoisotopic (exact) mass is 501 g/mol. The Hall–Kier alpha value is -2.57. The lowest BCUT2D eigenvalue weighted by Gasteiger charge is -2.37. The Morgan fingerprint density at radius 1 is 1.11 bits per heavy atom. The number of aryl methyl sites for hydroxylation is 1. The molecule has 0 spiro atoms. The SMILES string of the molecule is CCCN(C(=O)C(NC(=O)OC(C)(C)C)C(C)CC)C(C(=O)NC1CCCCC1)c1cccc(C)c1. The molecule has 3 unspecified atom stereocenters. The van der Waals surface area contributed by atoms with Gasteiger partial charge in [0.2, 0.25) is 11.8 Å². The summed E-state index contributed by atoms with van der Waals surface area (Å²) < 4.78 is 5.46. The molecule has 1 fully saturated rings. The highest BCUT2D eigenvalue weighted by Gasteiger charge is 2.38. The summed E-state index contributed by atoms with van der Waals surface area (Å²) >= 11 is 0. The van der Waals surface area contributed by atoms with Gasteiger partial charge in [-0.3, -0.25) is 9.59 Å². The number of amides is 3. The molecule has 3 amide bonds. The number of rotatable bonds is 10. The zero-order valence-corrected chi connectivity index (χ0v) is 23.4. The summed E-state index contributed by atoms with van der Waals surface area (Å²) in [5.74, 6) is -0.555. The van der Waals surface area contributed by atoms with Crippen LogP contribution in [0.1, 0.15) is 104 Å². The highest BCUT2D eigenvalue weighted by atomic mass is 16.6. The van der Waals surface area contributed by atoms with Crippen LogP contribution < -0.4 is 10.6 Å². The molecule has 0 saturated heterocycles. The molecule has 36 heavy (non-hydrogen) atoms. The van der Waals surface area contributed by atoms with Crippen LogP contribution in [0.25, 0.3) is 0 Å². The zero-order valence-electron chi connectivity index (χ0n) is 23.4. The van der Waals surface area contributed by atoms with E-state index in [0.29, 0.717) is 19.4 Å². The van der Waals surface area contributed by atoms with Crippen LogP contribution in [0.5, 0.6) is 0 Å². The van der Waals surface area contributed by atoms with Crippen LogP contribution in [0.2, 0.25) is 0 Å². The third-order valence-corrected chi connectivity index (χ3v) is 6.77. The summed E-state index contributed by atoms with van der Waals surface area (Å²) in [6.45, 7) is 13.7. The van der Waals surface area contributed by atoms with Crippen LogP contribution in [-0.4, -0.2) is 47.0 Å². The van der Waals surface area contributed by atoms with Crippen molar-refractivity contribution >= 4 is 17.9 Å². The summed E-state index contributed by atoms with van der Waals surface area (Å²) in [5, 5.41) is 6.06. The van der Waals surface area contributed by atoms with Gasteiger partial charge in [-0.05, 0) is 58.4 Å². The molecule has 1 aromatic rings. The molecule has 2 rings (SSSR count). The van der Waals surface area contributed by atoms with E-state index in [1.54, 1.807) is 25.7 Å². The van der Waals surface area contributed by atoms with E-state index in [0.717, 1.165) is 36.8 Å². The highest BCUT2D eigenvalue weighted by molar-refractivity contribution is 5.92. The standard InChI is InChI=1S/C29H47N3O4/c1-8-18-32(27(34)24(21(4)9-2)31-28(35)36-29(5,6)7)25(22-15-13-14-20(3)19-22)26(33)30-23-16-11-10-12-17-23/h13-15,19,21,23-25H,8-12,16-18H2,1-7H3,(H,30,33)(H,31,35). The first-order valence-electron chi connectivity index (χ1n) is 13.6. The number of hydrogen-bond acceptors (Lipinski definition) is 4. The third kappa shape index (κ3) is 8.82. The number of ether oxygens (including phenoxy) is 1. The number of nitrogens with zero attached hydrogens (tertiary/aromatic N) is 1. The number of carbonyl (C=O) groups excluding carboxylic acids is 3. The normalized spacial score (nSPS) is 17.0. The Bertz CT molecular complexity index is 874. The fraction of sp³-hybridized carbons (Fsp3) is 0.690. The van der Waals surface area contributed by atoms with Crippen LogP contribution in [-0.2, 0) is 14.3 Å². The van der Waals surface area contributed by atoms with E-state index in [2.05, 4.69) is 10.6 Å². The van der Waals surface area contributed by atoms with Crippen molar-refractivity contribution in [3.63, 3.8) is 0 Å². The van der Waals surface area contributed by atoms with Crippen LogP contribution in [0.4, 0.5) is 4.79 Å². The number of nitrogens with one attached hydrogen (secondary N) is 2. The van der Waals surface area contributed by atoms with Gasteiger partial charge < -0.3 is 20.3 Å². The summed E-state index contributed by atoms with van der Waals surface area (Å²) in [4.78, 5) is 42.2. The fourth-order valence-corrected chi connectivity index (χ4v) is 4.74. The van der Waals surface area contributed by atoms with Crippen molar-refractivity contribution in [3.05, 3.63) is 35.4 Å². The van der Waals surface area contributed by atoms with Gasteiger partial charge in [-0.1, -0.05) is 76.3 Å². The predicted molar refractivity (Wildman–Crippen MR) is 144 cm³/mol. The van der Waals surface area contributed by atoms with Crippen molar-refractivity contribution in [2.24, 2.45) is 5.92 Å². The minimum atomic E-state index is -0.800. The second-order valence-electron chi connectivity index (χ2n) is 11.2. The first kappa shape index (κ1) is 29.7. The molecule has 1 saturated carbocycles. The van der Waals surface area contributed by atoms with E-state index in [1.807, 2.05) is 52.0 Å². The van der Waals surface area contributed by atoms with Gasteiger partial charge in [0, 0.05) is 12.6 Å². The first-order valence-corrected chi connectivity index (χ1v) is 13.6. The Morgan fingerprint density at radius 2 is 1.78 bits per heavy atom. The highest BCUT2D eigenvalue weighted by Crippen LogP contribution is 2.27. The van der Waals surface area contributed by atoms with Gasteiger partial charge in [-0.2, -0.15) is 0 Å². The predicted octanol–water partition coefficient (Wildman–Crippen LogP) is 5.66. The van der Waals surface area contributed by atoms with E-state index < -0.39 is 23.8 Å². The lowest BCUT2D eigenvalue weighted by molar-refractivity contribution is -0.143. The van der Waals surface area contributed by atoms with Crippen molar-refractivity contribution in [1.82, 2.24) is 15.5 Å². The Morgan fingerprint density at radius 3 is 2.33 bits per heavy atom. The molecule has 1 aromatic carbocycles. The number of carbonyl (C=O) groups is 3. The molecule has 0 aromatic heterocycles. The number of hydrogen-bond donors (Lipinski definition) is 2. The van der Waals surface area contributed by atoms with Crippen LogP contribution in [0.3, 0.4) is 0 Å². The van der Waals surface area contributed by atoms with E-state index in [9.17, 15) is 14.4 Å². The fourth-order valence-electron chi connectivity index (χ4n) is 4.74. The van der Waals surface area contributed by atoms with Gasteiger partial charge in [0.15, 0.2) is 0 Å². The molecule has 1 aliphatic rings. The van der Waals surface area contributed by atoms with Gasteiger partial charge in [-0.15, -0.1) is 0 Å². The molecule has 202 valence electrons. The molecule has 2 N–H and O–H groups in total. The van der Waals surface area contributed by atoms with Gasteiger partial charge in [-0.25, -0.2) is 4.79 Å². The van der Waals surface area contributed by atoms with E-state index in [4.69, 9.17) is 4.74 Å². The quantitative estimate of drug-likeness (QED) is 0.433. The molecule has 0 bridgehead atoms. The lowest BCUT2D eigenvalue weighted by atomic mass is 9.93. The van der Waals surface area contributed by atoms with E-state index in [-0.39, 0.29) is 23.8 Å². The van der Waals surface area contributed by atoms with Crippen molar-refractivity contribution in [2.45, 2.75) is 117 Å². The maximum atomic E-state index is 14.1. The molecular weight excluding hydrogens is 454 g/mol.